The summed E-state index contributed by atoms with van der Waals surface area (Å²) in [5, 5.41) is 19.0. The molecule has 2 aliphatic heterocycles. The molecule has 0 aliphatic carbocycles. The van der Waals surface area contributed by atoms with Crippen LogP contribution in [0.15, 0.2) is 37.4 Å². The first-order valence-electron chi connectivity index (χ1n) is 15.0. The van der Waals surface area contributed by atoms with Crippen molar-refractivity contribution in [1.29, 1.82) is 0 Å². The normalized spacial score (nSPS) is 12.9. The monoisotopic (exact) mass is 619 g/mol. The van der Waals surface area contributed by atoms with Gasteiger partial charge in [0.1, 0.15) is 0 Å². The van der Waals surface area contributed by atoms with Crippen LogP contribution in [0, 0.1) is 13.8 Å². The van der Waals surface area contributed by atoms with Crippen molar-refractivity contribution in [3.8, 4) is 0 Å². The molecule has 8 bridgehead atoms. The zero-order chi connectivity index (χ0) is 33.4. The van der Waals surface area contributed by atoms with Gasteiger partial charge in [-0.1, -0.05) is 25.3 Å². The first kappa shape index (κ1) is 32.1. The Morgan fingerprint density at radius 1 is 0.804 bits per heavy atom. The Bertz CT molecular complexity index is 2090. The molecule has 3 aromatic heterocycles. The van der Waals surface area contributed by atoms with E-state index in [0.29, 0.717) is 50.4 Å². The van der Waals surface area contributed by atoms with E-state index in [9.17, 15) is 24.6 Å². The van der Waals surface area contributed by atoms with Gasteiger partial charge in [0, 0.05) is 40.5 Å². The first-order valence-corrected chi connectivity index (χ1v) is 15.0. The van der Waals surface area contributed by atoms with Gasteiger partial charge in [0.2, 0.25) is 0 Å². The highest BCUT2D eigenvalue weighted by molar-refractivity contribution is 6.12. The minimum atomic E-state index is -0.923. The van der Waals surface area contributed by atoms with E-state index in [1.807, 2.05) is 45.9 Å². The lowest BCUT2D eigenvalue weighted by atomic mass is 9.98. The van der Waals surface area contributed by atoms with Crippen LogP contribution in [-0.4, -0.2) is 54.4 Å². The van der Waals surface area contributed by atoms with Gasteiger partial charge in [-0.15, -0.1) is 0 Å². The van der Waals surface area contributed by atoms with Crippen molar-refractivity contribution < 1.29 is 24.6 Å². The van der Waals surface area contributed by atoms with Gasteiger partial charge in [-0.05, 0) is 92.1 Å². The van der Waals surface area contributed by atoms with Crippen LogP contribution in [0.1, 0.15) is 88.5 Å². The second-order valence-corrected chi connectivity index (χ2v) is 11.5. The lowest BCUT2D eigenvalue weighted by molar-refractivity contribution is -0.137. The molecule has 6 N–H and O–H groups in total. The number of nitrogens with two attached hydrogens (primary N) is 1. The summed E-state index contributed by atoms with van der Waals surface area (Å²) in [7, 11) is 0. The Morgan fingerprint density at radius 2 is 1.43 bits per heavy atom. The number of carbonyl (C=O) groups is 3. The molecule has 0 aromatic carbocycles. The largest absolute Gasteiger partial charge is 0.481 e. The second-order valence-electron chi connectivity index (χ2n) is 11.5. The molecule has 3 aromatic rings. The van der Waals surface area contributed by atoms with E-state index in [2.05, 4.69) is 23.1 Å². The number of allylic oxidation sites excluding steroid dienone is 5. The fraction of sp³-hybridized carbons (Fsp3) is 0.250. The average molecular weight is 620 g/mol. The Kier molecular flexibility index (Phi) is 8.76. The fourth-order valence-corrected chi connectivity index (χ4v) is 6.26. The molecule has 0 saturated heterocycles. The number of ketones is 1. The number of nitrogens with zero attached hydrogens (tertiary/aromatic N) is 2. The van der Waals surface area contributed by atoms with Crippen molar-refractivity contribution in [2.45, 2.75) is 53.4 Å². The maximum absolute atomic E-state index is 13.6. The van der Waals surface area contributed by atoms with Crippen molar-refractivity contribution in [2.75, 3.05) is 6.54 Å². The number of fused-ring (bicyclic) bond motifs is 8. The number of rotatable bonds is 10. The van der Waals surface area contributed by atoms with Crippen LogP contribution in [-0.2, 0) is 16.0 Å². The number of aliphatic carboxylic acids is 2. The fourth-order valence-electron chi connectivity index (χ4n) is 6.26. The first-order chi connectivity index (χ1) is 21.9. The van der Waals surface area contributed by atoms with E-state index in [4.69, 9.17) is 15.7 Å². The number of hydrogen-bond acceptors (Lipinski definition) is 6. The molecule has 10 nitrogen and oxygen atoms in total. The number of H-pyrrole nitrogens is 2. The molecule has 0 saturated carbocycles. The quantitative estimate of drug-likeness (QED) is 0.157. The van der Waals surface area contributed by atoms with E-state index in [-0.39, 0.29) is 38.0 Å². The molecule has 0 spiro atoms. The minimum Gasteiger partial charge on any atom is -0.481 e. The van der Waals surface area contributed by atoms with Crippen molar-refractivity contribution in [2.24, 2.45) is 5.73 Å². The predicted octanol–water partition coefficient (Wildman–Crippen LogP) is 6.65. The number of carboxylic acid groups (broad SMARTS) is 2. The highest BCUT2D eigenvalue weighted by Crippen LogP contribution is 2.38. The SMILES string of the molecule is C=CC1=C(C)c2nc1cc1[nH]c(cc3nc(cc4[nH]c(c(C=C)c4C)c2C(=O)CN)C(C)=C3CCC(=O)O)c(CCC(=O)O)c1C. The van der Waals surface area contributed by atoms with Gasteiger partial charge in [-0.3, -0.25) is 14.4 Å². The topological polar surface area (TPSA) is 175 Å². The Hall–Kier alpha value is -5.35. The highest BCUT2D eigenvalue weighted by atomic mass is 16.4. The summed E-state index contributed by atoms with van der Waals surface area (Å²) in [6.07, 6.45) is 3.77. The van der Waals surface area contributed by atoms with Crippen molar-refractivity contribution >= 4 is 68.2 Å². The molecular weight excluding hydrogens is 582 g/mol. The number of Topliss-reactive ketones (excluding diaryl/α,β-unsaturated/α-hetero) is 1. The summed E-state index contributed by atoms with van der Waals surface area (Å²) < 4.78 is 0. The van der Waals surface area contributed by atoms with Gasteiger partial charge >= 0.3 is 11.9 Å². The summed E-state index contributed by atoms with van der Waals surface area (Å²) >= 11 is 0. The number of aryl methyl sites for hydroxylation is 3. The van der Waals surface area contributed by atoms with E-state index in [0.717, 1.165) is 44.5 Å². The Labute approximate surface area is 266 Å². The van der Waals surface area contributed by atoms with Crippen LogP contribution >= 0.6 is 0 Å². The summed E-state index contributed by atoms with van der Waals surface area (Å²) in [5.74, 6) is -2.15. The van der Waals surface area contributed by atoms with Gasteiger partial charge in [0.05, 0.1) is 40.4 Å². The standard InChI is InChI=1S/C36H37N5O5/c1-7-21-20(6)35-34(31(42)16-37)36-22(8-2)17(3)27(40-36)13-25-18(4)23(9-11-32(43)44)29(38-25)15-30-24(10-12-33(45)46)19(5)26(39-30)14-28(21)41-35/h7-8,13-15,39-40H,1-2,9-12,16,37H2,3-6H3,(H,43,44)(H,45,46). The van der Waals surface area contributed by atoms with E-state index in [1.165, 1.54) is 0 Å². The molecule has 2 aliphatic rings. The molecule has 5 heterocycles. The molecular formula is C36H37N5O5. The molecule has 0 atom stereocenters. The van der Waals surface area contributed by atoms with Crippen molar-refractivity contribution in [1.82, 2.24) is 19.9 Å². The zero-order valence-corrected chi connectivity index (χ0v) is 26.4. The summed E-state index contributed by atoms with van der Waals surface area (Å²) in [6.45, 7) is 15.4. The Balaban J connectivity index is 2.03. The molecule has 0 radical (unpaired) electrons. The number of aromatic nitrogens is 4. The van der Waals surface area contributed by atoms with Gasteiger partial charge in [-0.2, -0.15) is 0 Å². The maximum Gasteiger partial charge on any atom is 0.303 e. The number of hydrogen-bond donors (Lipinski definition) is 5. The van der Waals surface area contributed by atoms with Crippen molar-refractivity contribution in [3.05, 3.63) is 88.0 Å². The average Bonchev–Trinajstić information content (AvgIpc) is 3.68. The second kappa shape index (κ2) is 12.6. The van der Waals surface area contributed by atoms with E-state index >= 15 is 0 Å². The third-order valence-electron chi connectivity index (χ3n) is 8.82. The number of carbonyl (C=O) groups excluding carboxylic acids is 1. The molecule has 10 heteroatoms. The molecule has 0 fully saturated rings. The molecule has 46 heavy (non-hydrogen) atoms. The van der Waals surface area contributed by atoms with Crippen LogP contribution in [0.4, 0.5) is 0 Å². The number of carboxylic acids is 2. The molecule has 5 rings (SSSR count). The smallest absolute Gasteiger partial charge is 0.303 e. The lowest BCUT2D eigenvalue weighted by Crippen LogP contribution is -2.16. The molecule has 0 amide bonds. The zero-order valence-electron chi connectivity index (χ0n) is 26.4. The Morgan fingerprint density at radius 3 is 2.07 bits per heavy atom. The lowest BCUT2D eigenvalue weighted by Gasteiger charge is -2.05. The summed E-state index contributed by atoms with van der Waals surface area (Å²) in [4.78, 5) is 53.6. The minimum absolute atomic E-state index is 0.0769. The maximum atomic E-state index is 13.6. The van der Waals surface area contributed by atoms with E-state index < -0.39 is 11.9 Å². The van der Waals surface area contributed by atoms with Crippen LogP contribution in [0.5, 0.6) is 0 Å². The third-order valence-corrected chi connectivity index (χ3v) is 8.82. The van der Waals surface area contributed by atoms with Crippen LogP contribution in [0.25, 0.3) is 50.4 Å². The van der Waals surface area contributed by atoms with Crippen LogP contribution < -0.4 is 5.73 Å². The van der Waals surface area contributed by atoms with Gasteiger partial charge in [0.25, 0.3) is 0 Å². The summed E-state index contributed by atoms with van der Waals surface area (Å²) in [5.41, 5.74) is 17.6. The van der Waals surface area contributed by atoms with Gasteiger partial charge in [-0.25, -0.2) is 9.97 Å². The van der Waals surface area contributed by atoms with Crippen LogP contribution in [0.2, 0.25) is 0 Å². The number of aromatic amines is 2. The van der Waals surface area contributed by atoms with Crippen molar-refractivity contribution in [3.63, 3.8) is 0 Å². The van der Waals surface area contributed by atoms with Gasteiger partial charge < -0.3 is 25.9 Å². The van der Waals surface area contributed by atoms with Gasteiger partial charge in [0.15, 0.2) is 5.78 Å². The molecule has 236 valence electrons. The summed E-state index contributed by atoms with van der Waals surface area (Å²) in [6, 6.07) is 5.62. The number of nitrogens with one attached hydrogen (secondary N) is 2. The predicted molar refractivity (Wildman–Crippen MR) is 182 cm³/mol. The van der Waals surface area contributed by atoms with E-state index in [1.54, 1.807) is 12.2 Å². The van der Waals surface area contributed by atoms with Crippen LogP contribution in [0.3, 0.4) is 0 Å². The molecule has 0 unspecified atom stereocenters. The third kappa shape index (κ3) is 5.63. The highest BCUT2D eigenvalue weighted by Gasteiger charge is 2.25.